The quantitative estimate of drug-likeness (QED) is 0.884. The zero-order valence-electron chi connectivity index (χ0n) is 10.9. The van der Waals surface area contributed by atoms with E-state index in [1.807, 2.05) is 36.4 Å². The molecule has 0 bridgehead atoms. The van der Waals surface area contributed by atoms with Gasteiger partial charge in [-0.05, 0) is 17.7 Å². The van der Waals surface area contributed by atoms with Gasteiger partial charge in [-0.25, -0.2) is 0 Å². The second-order valence-corrected chi connectivity index (χ2v) is 5.78. The molecule has 0 saturated carbocycles. The third-order valence-corrected chi connectivity index (χ3v) is 4.40. The van der Waals surface area contributed by atoms with Crippen molar-refractivity contribution >= 4 is 15.9 Å². The maximum Gasteiger partial charge on any atom is 0.119 e. The van der Waals surface area contributed by atoms with Crippen LogP contribution in [0.4, 0.5) is 0 Å². The van der Waals surface area contributed by atoms with Crippen molar-refractivity contribution in [2.45, 2.75) is 18.6 Å². The van der Waals surface area contributed by atoms with Crippen molar-refractivity contribution in [3.05, 3.63) is 63.6 Å². The molecule has 0 saturated heterocycles. The summed E-state index contributed by atoms with van der Waals surface area (Å²) in [5, 5.41) is 10.1. The predicted molar refractivity (Wildman–Crippen MR) is 81.6 cm³/mol. The minimum absolute atomic E-state index is 0.0718. The van der Waals surface area contributed by atoms with Crippen LogP contribution in [0.3, 0.4) is 0 Å². The van der Waals surface area contributed by atoms with E-state index in [9.17, 15) is 5.11 Å². The largest absolute Gasteiger partial charge is 0.508 e. The fraction of sp³-hybridized carbons (Fsp3) is 0.250. The van der Waals surface area contributed by atoms with Gasteiger partial charge in [-0.3, -0.25) is 0 Å². The van der Waals surface area contributed by atoms with Gasteiger partial charge in [0.1, 0.15) is 5.75 Å². The van der Waals surface area contributed by atoms with Crippen LogP contribution in [0.25, 0.3) is 0 Å². The molecule has 3 rings (SSSR count). The number of phenolic OH excluding ortho intramolecular Hbond substituents is 1. The summed E-state index contributed by atoms with van der Waals surface area (Å²) in [7, 11) is 0. The van der Waals surface area contributed by atoms with E-state index in [0.29, 0.717) is 18.7 Å². The molecule has 2 atom stereocenters. The van der Waals surface area contributed by atoms with E-state index in [2.05, 4.69) is 15.9 Å². The van der Waals surface area contributed by atoms with Gasteiger partial charge in [0.15, 0.2) is 0 Å². The van der Waals surface area contributed by atoms with Crippen LogP contribution >= 0.6 is 15.9 Å². The number of nitrogens with two attached hydrogens (primary N) is 1. The summed E-state index contributed by atoms with van der Waals surface area (Å²) >= 11 is 3.53. The standard InChI is InChI=1S/C16H16BrNO2/c17-12-6-7-13(19)11-8-14(10-4-2-1-3-5-10)20-15(9-18)16(11)12/h1-7,14-15,19H,8-9,18H2. The van der Waals surface area contributed by atoms with E-state index in [1.165, 1.54) is 0 Å². The van der Waals surface area contributed by atoms with Crippen molar-refractivity contribution in [2.24, 2.45) is 5.73 Å². The summed E-state index contributed by atoms with van der Waals surface area (Å²) in [6.07, 6.45) is 0.379. The van der Waals surface area contributed by atoms with E-state index in [-0.39, 0.29) is 12.2 Å². The molecule has 0 fully saturated rings. The lowest BCUT2D eigenvalue weighted by Crippen LogP contribution is -2.26. The Morgan fingerprint density at radius 1 is 1.20 bits per heavy atom. The average Bonchev–Trinajstić information content (AvgIpc) is 2.51. The molecule has 2 aromatic carbocycles. The smallest absolute Gasteiger partial charge is 0.119 e. The summed E-state index contributed by atoms with van der Waals surface area (Å²) in [4.78, 5) is 0. The Labute approximate surface area is 126 Å². The van der Waals surface area contributed by atoms with Crippen LogP contribution in [0.5, 0.6) is 5.75 Å². The first-order valence-corrected chi connectivity index (χ1v) is 7.40. The summed E-state index contributed by atoms with van der Waals surface area (Å²) < 4.78 is 7.06. The van der Waals surface area contributed by atoms with Crippen LogP contribution in [0, 0.1) is 0 Å². The molecule has 3 nitrogen and oxygen atoms in total. The molecule has 0 amide bonds. The van der Waals surface area contributed by atoms with E-state index >= 15 is 0 Å². The lowest BCUT2D eigenvalue weighted by Gasteiger charge is -2.33. The molecule has 1 heterocycles. The highest BCUT2D eigenvalue weighted by Gasteiger charge is 2.31. The molecule has 0 spiro atoms. The molecule has 3 N–H and O–H groups in total. The monoisotopic (exact) mass is 333 g/mol. The van der Waals surface area contributed by atoms with Crippen LogP contribution in [0.2, 0.25) is 0 Å². The Morgan fingerprint density at radius 2 is 1.95 bits per heavy atom. The average molecular weight is 334 g/mol. The number of rotatable bonds is 2. The molecule has 4 heteroatoms. The summed E-state index contributed by atoms with van der Waals surface area (Å²) in [6, 6.07) is 13.6. The van der Waals surface area contributed by atoms with Gasteiger partial charge in [-0.1, -0.05) is 46.3 Å². The van der Waals surface area contributed by atoms with E-state index in [1.54, 1.807) is 6.07 Å². The minimum Gasteiger partial charge on any atom is -0.508 e. The maximum absolute atomic E-state index is 10.1. The van der Waals surface area contributed by atoms with Crippen LogP contribution in [0.1, 0.15) is 28.9 Å². The van der Waals surface area contributed by atoms with Crippen LogP contribution < -0.4 is 5.73 Å². The highest BCUT2D eigenvalue weighted by molar-refractivity contribution is 9.10. The van der Waals surface area contributed by atoms with Crippen LogP contribution in [-0.2, 0) is 11.2 Å². The Morgan fingerprint density at radius 3 is 2.65 bits per heavy atom. The van der Waals surface area contributed by atoms with E-state index in [4.69, 9.17) is 10.5 Å². The van der Waals surface area contributed by atoms with E-state index in [0.717, 1.165) is 21.2 Å². The molecule has 0 aliphatic carbocycles. The van der Waals surface area contributed by atoms with Gasteiger partial charge in [-0.2, -0.15) is 0 Å². The van der Waals surface area contributed by atoms with Crippen LogP contribution in [0.15, 0.2) is 46.9 Å². The highest BCUT2D eigenvalue weighted by atomic mass is 79.9. The number of fused-ring (bicyclic) bond motifs is 1. The van der Waals surface area contributed by atoms with Gasteiger partial charge in [0.25, 0.3) is 0 Å². The number of hydrogen-bond donors (Lipinski definition) is 2. The zero-order valence-corrected chi connectivity index (χ0v) is 12.5. The van der Waals surface area contributed by atoms with Crippen molar-refractivity contribution in [2.75, 3.05) is 6.54 Å². The van der Waals surface area contributed by atoms with Crippen molar-refractivity contribution in [3.8, 4) is 5.75 Å². The van der Waals surface area contributed by atoms with Gasteiger partial charge in [0, 0.05) is 28.6 Å². The van der Waals surface area contributed by atoms with Gasteiger partial charge >= 0.3 is 0 Å². The second kappa shape index (κ2) is 5.56. The van der Waals surface area contributed by atoms with Crippen molar-refractivity contribution < 1.29 is 9.84 Å². The van der Waals surface area contributed by atoms with Gasteiger partial charge in [-0.15, -0.1) is 0 Å². The highest BCUT2D eigenvalue weighted by Crippen LogP contribution is 2.43. The fourth-order valence-electron chi connectivity index (χ4n) is 2.72. The summed E-state index contributed by atoms with van der Waals surface area (Å²) in [5.74, 6) is 0.311. The Kier molecular flexibility index (Phi) is 3.78. The number of hydrogen-bond acceptors (Lipinski definition) is 3. The first-order chi connectivity index (χ1) is 9.70. The van der Waals surface area contributed by atoms with E-state index < -0.39 is 0 Å². The molecular formula is C16H16BrNO2. The topological polar surface area (TPSA) is 55.5 Å². The Balaban J connectivity index is 2.04. The molecular weight excluding hydrogens is 318 g/mol. The first-order valence-electron chi connectivity index (χ1n) is 6.61. The fourth-order valence-corrected chi connectivity index (χ4v) is 3.35. The maximum atomic E-state index is 10.1. The second-order valence-electron chi connectivity index (χ2n) is 4.92. The third kappa shape index (κ3) is 2.35. The molecule has 2 aromatic rings. The Hall–Kier alpha value is -1.36. The zero-order chi connectivity index (χ0) is 14.1. The molecule has 1 aliphatic heterocycles. The number of aromatic hydroxyl groups is 1. The molecule has 0 aromatic heterocycles. The van der Waals surface area contributed by atoms with Crippen molar-refractivity contribution in [1.82, 2.24) is 0 Å². The number of ether oxygens (including phenoxy) is 1. The lowest BCUT2D eigenvalue weighted by atomic mass is 9.90. The SMILES string of the molecule is NCC1OC(c2ccccc2)Cc2c(O)ccc(Br)c21. The third-order valence-electron chi connectivity index (χ3n) is 3.70. The van der Waals surface area contributed by atoms with Gasteiger partial charge < -0.3 is 15.6 Å². The minimum atomic E-state index is -0.203. The predicted octanol–water partition coefficient (Wildman–Crippen LogP) is 3.47. The van der Waals surface area contributed by atoms with Gasteiger partial charge in [0.05, 0.1) is 12.2 Å². The van der Waals surface area contributed by atoms with Crippen molar-refractivity contribution in [1.29, 1.82) is 0 Å². The molecule has 104 valence electrons. The molecule has 1 aliphatic rings. The molecule has 2 unspecified atom stereocenters. The number of benzene rings is 2. The summed E-state index contributed by atoms with van der Waals surface area (Å²) in [5.41, 5.74) is 8.86. The van der Waals surface area contributed by atoms with Gasteiger partial charge in [0.2, 0.25) is 0 Å². The van der Waals surface area contributed by atoms with Crippen LogP contribution in [-0.4, -0.2) is 11.7 Å². The Bertz CT molecular complexity index is 615. The van der Waals surface area contributed by atoms with Crippen molar-refractivity contribution in [3.63, 3.8) is 0 Å². The summed E-state index contributed by atoms with van der Waals surface area (Å²) in [6.45, 7) is 0.387. The normalized spacial score (nSPS) is 21.5. The lowest BCUT2D eigenvalue weighted by molar-refractivity contribution is -0.0234. The molecule has 20 heavy (non-hydrogen) atoms. The number of halogens is 1. The number of phenols is 1. The first kappa shape index (κ1) is 13.6. The molecule has 0 radical (unpaired) electrons.